The van der Waals surface area contributed by atoms with Gasteiger partial charge in [-0.1, -0.05) is 23.7 Å². The molecule has 3 rings (SSSR count). The maximum atomic E-state index is 12.7. The first-order valence-electron chi connectivity index (χ1n) is 7.28. The maximum Gasteiger partial charge on any atom is 0.416 e. The van der Waals surface area contributed by atoms with Gasteiger partial charge in [0, 0.05) is 30.3 Å². The zero-order chi connectivity index (χ0) is 16.6. The summed E-state index contributed by atoms with van der Waals surface area (Å²) < 4.78 is 38.0. The van der Waals surface area contributed by atoms with E-state index in [-0.39, 0.29) is 5.02 Å². The van der Waals surface area contributed by atoms with Gasteiger partial charge < -0.3 is 5.73 Å². The third-order valence-corrected chi connectivity index (χ3v) is 4.45. The Balaban J connectivity index is 1.75. The highest BCUT2D eigenvalue weighted by Crippen LogP contribution is 2.33. The number of hydrogen-bond acceptors (Lipinski definition) is 2. The standard InChI is InChI=1S/C17H16ClF3N2/c18-16-8-14(17(19,20)21)3-1-13(16)10-23-6-5-11-7-15(22)4-2-12(11)9-23/h1-4,7-8H,5-6,9-10,22H2. The van der Waals surface area contributed by atoms with Crippen molar-refractivity contribution in [2.24, 2.45) is 0 Å². The van der Waals surface area contributed by atoms with Crippen molar-refractivity contribution >= 4 is 17.3 Å². The lowest BCUT2D eigenvalue weighted by molar-refractivity contribution is -0.137. The Morgan fingerprint density at radius 3 is 2.57 bits per heavy atom. The quantitative estimate of drug-likeness (QED) is 0.816. The molecule has 6 heteroatoms. The summed E-state index contributed by atoms with van der Waals surface area (Å²) in [7, 11) is 0. The Bertz CT molecular complexity index is 728. The number of benzene rings is 2. The number of anilines is 1. The van der Waals surface area contributed by atoms with Crippen LogP contribution in [0.15, 0.2) is 36.4 Å². The SMILES string of the molecule is Nc1ccc2c(c1)CCN(Cc1ccc(C(F)(F)F)cc1Cl)C2. The molecule has 2 aromatic carbocycles. The Morgan fingerprint density at radius 1 is 1.09 bits per heavy atom. The number of nitrogens with two attached hydrogens (primary N) is 1. The number of nitrogen functional groups attached to an aromatic ring is 1. The highest BCUT2D eigenvalue weighted by molar-refractivity contribution is 6.31. The molecular formula is C17H16ClF3N2. The number of hydrogen-bond donors (Lipinski definition) is 1. The van der Waals surface area contributed by atoms with Crippen LogP contribution in [-0.2, 0) is 25.7 Å². The van der Waals surface area contributed by atoms with E-state index >= 15 is 0 Å². The van der Waals surface area contributed by atoms with E-state index in [1.54, 1.807) is 0 Å². The maximum absolute atomic E-state index is 12.7. The van der Waals surface area contributed by atoms with Gasteiger partial charge in [0.25, 0.3) is 0 Å². The van der Waals surface area contributed by atoms with Crippen molar-refractivity contribution in [2.45, 2.75) is 25.7 Å². The Morgan fingerprint density at radius 2 is 1.87 bits per heavy atom. The van der Waals surface area contributed by atoms with Gasteiger partial charge in [-0.3, -0.25) is 4.90 Å². The van der Waals surface area contributed by atoms with Gasteiger partial charge in [-0.05, 0) is 47.4 Å². The lowest BCUT2D eigenvalue weighted by atomic mass is 9.98. The summed E-state index contributed by atoms with van der Waals surface area (Å²) in [4.78, 5) is 2.17. The van der Waals surface area contributed by atoms with Crippen LogP contribution in [0.5, 0.6) is 0 Å². The van der Waals surface area contributed by atoms with Crippen LogP contribution in [0.25, 0.3) is 0 Å². The minimum absolute atomic E-state index is 0.155. The van der Waals surface area contributed by atoms with Crippen LogP contribution in [0, 0.1) is 0 Å². The van der Waals surface area contributed by atoms with Crippen LogP contribution in [-0.4, -0.2) is 11.4 Å². The van der Waals surface area contributed by atoms with E-state index in [4.69, 9.17) is 17.3 Å². The second kappa shape index (κ2) is 6.06. The van der Waals surface area contributed by atoms with Crippen molar-refractivity contribution < 1.29 is 13.2 Å². The third-order valence-electron chi connectivity index (χ3n) is 4.10. The first-order valence-corrected chi connectivity index (χ1v) is 7.66. The molecule has 0 spiro atoms. The fourth-order valence-corrected chi connectivity index (χ4v) is 3.10. The van der Waals surface area contributed by atoms with Gasteiger partial charge in [-0.25, -0.2) is 0 Å². The fraction of sp³-hybridized carbons (Fsp3) is 0.294. The summed E-state index contributed by atoms with van der Waals surface area (Å²) in [5, 5.41) is 0.155. The zero-order valence-electron chi connectivity index (χ0n) is 12.3. The molecule has 0 radical (unpaired) electrons. The second-order valence-electron chi connectivity index (χ2n) is 5.79. The summed E-state index contributed by atoms with van der Waals surface area (Å²) in [6.07, 6.45) is -3.50. The molecule has 122 valence electrons. The predicted molar refractivity (Wildman–Crippen MR) is 85.1 cm³/mol. The monoisotopic (exact) mass is 340 g/mol. The normalized spacial score (nSPS) is 15.5. The van der Waals surface area contributed by atoms with Crippen LogP contribution >= 0.6 is 11.6 Å². The Hall–Kier alpha value is -1.72. The van der Waals surface area contributed by atoms with Crippen molar-refractivity contribution in [3.8, 4) is 0 Å². The molecule has 0 saturated heterocycles. The molecule has 23 heavy (non-hydrogen) atoms. The van der Waals surface area contributed by atoms with Crippen LogP contribution in [0.4, 0.5) is 18.9 Å². The molecule has 0 atom stereocenters. The van der Waals surface area contributed by atoms with Gasteiger partial charge in [0.05, 0.1) is 5.56 Å². The topological polar surface area (TPSA) is 29.3 Å². The smallest absolute Gasteiger partial charge is 0.399 e. The molecule has 0 aromatic heterocycles. The first kappa shape index (κ1) is 16.1. The minimum atomic E-state index is -4.37. The highest BCUT2D eigenvalue weighted by atomic mass is 35.5. The first-order chi connectivity index (χ1) is 10.8. The number of halogens is 4. The van der Waals surface area contributed by atoms with Crippen LogP contribution in [0.3, 0.4) is 0 Å². The summed E-state index contributed by atoms with van der Waals surface area (Å²) in [5.74, 6) is 0. The molecule has 0 amide bonds. The minimum Gasteiger partial charge on any atom is -0.399 e. The van der Waals surface area contributed by atoms with Crippen molar-refractivity contribution in [3.63, 3.8) is 0 Å². The lowest BCUT2D eigenvalue weighted by Gasteiger charge is -2.29. The molecule has 0 saturated carbocycles. The van der Waals surface area contributed by atoms with Crippen LogP contribution in [0.2, 0.25) is 5.02 Å². The largest absolute Gasteiger partial charge is 0.416 e. The van der Waals surface area contributed by atoms with Crippen molar-refractivity contribution in [2.75, 3.05) is 12.3 Å². The number of nitrogens with zero attached hydrogens (tertiary/aromatic N) is 1. The Labute approximate surface area is 137 Å². The average Bonchev–Trinajstić information content (AvgIpc) is 2.48. The fourth-order valence-electron chi connectivity index (χ4n) is 2.86. The Kier molecular flexibility index (Phi) is 4.25. The van der Waals surface area contributed by atoms with Gasteiger partial charge in [0.2, 0.25) is 0 Å². The molecule has 2 aromatic rings. The summed E-state index contributed by atoms with van der Waals surface area (Å²) in [6.45, 7) is 2.10. The molecule has 2 N–H and O–H groups in total. The summed E-state index contributed by atoms with van der Waals surface area (Å²) in [6, 6.07) is 9.40. The second-order valence-corrected chi connectivity index (χ2v) is 6.20. The highest BCUT2D eigenvalue weighted by Gasteiger charge is 2.31. The van der Waals surface area contributed by atoms with E-state index in [1.807, 2.05) is 18.2 Å². The molecule has 1 aliphatic rings. The average molecular weight is 341 g/mol. The predicted octanol–water partition coefficient (Wildman–Crippen LogP) is 4.50. The van der Waals surface area contributed by atoms with Gasteiger partial charge in [0.15, 0.2) is 0 Å². The van der Waals surface area contributed by atoms with Gasteiger partial charge in [0.1, 0.15) is 0 Å². The molecule has 0 bridgehead atoms. The number of rotatable bonds is 2. The van der Waals surface area contributed by atoms with Crippen LogP contribution < -0.4 is 5.73 Å². The molecular weight excluding hydrogens is 325 g/mol. The van der Waals surface area contributed by atoms with E-state index in [0.717, 1.165) is 37.3 Å². The summed E-state index contributed by atoms with van der Waals surface area (Å²) in [5.41, 5.74) is 8.97. The van der Waals surface area contributed by atoms with Gasteiger partial charge >= 0.3 is 6.18 Å². The number of alkyl halides is 3. The van der Waals surface area contributed by atoms with Gasteiger partial charge in [-0.15, -0.1) is 0 Å². The molecule has 1 heterocycles. The van der Waals surface area contributed by atoms with E-state index in [2.05, 4.69) is 4.90 Å². The van der Waals surface area contributed by atoms with E-state index in [0.29, 0.717) is 12.1 Å². The molecule has 1 aliphatic heterocycles. The molecule has 0 unspecified atom stereocenters. The van der Waals surface area contributed by atoms with E-state index < -0.39 is 11.7 Å². The van der Waals surface area contributed by atoms with Crippen LogP contribution in [0.1, 0.15) is 22.3 Å². The van der Waals surface area contributed by atoms with E-state index in [9.17, 15) is 13.2 Å². The lowest BCUT2D eigenvalue weighted by Crippen LogP contribution is -2.30. The van der Waals surface area contributed by atoms with E-state index in [1.165, 1.54) is 17.2 Å². The summed E-state index contributed by atoms with van der Waals surface area (Å²) >= 11 is 6.03. The van der Waals surface area contributed by atoms with Crippen molar-refractivity contribution in [1.29, 1.82) is 0 Å². The van der Waals surface area contributed by atoms with Crippen molar-refractivity contribution in [1.82, 2.24) is 4.90 Å². The zero-order valence-corrected chi connectivity index (χ0v) is 13.1. The molecule has 0 fully saturated rings. The third kappa shape index (κ3) is 3.62. The van der Waals surface area contributed by atoms with Gasteiger partial charge in [-0.2, -0.15) is 13.2 Å². The van der Waals surface area contributed by atoms with Crippen molar-refractivity contribution in [3.05, 3.63) is 63.7 Å². The number of fused-ring (bicyclic) bond motifs is 1. The molecule has 2 nitrogen and oxygen atoms in total. The molecule has 0 aliphatic carbocycles.